The van der Waals surface area contributed by atoms with Crippen LogP contribution in [0.25, 0.3) is 0 Å². The van der Waals surface area contributed by atoms with Crippen molar-refractivity contribution in [1.82, 2.24) is 15.4 Å². The molecule has 6 heteroatoms. The molecule has 1 aromatic carbocycles. The summed E-state index contributed by atoms with van der Waals surface area (Å²) < 4.78 is 14.0. The first-order chi connectivity index (χ1) is 7.20. The maximum absolute atomic E-state index is 13.7. The minimum absolute atomic E-state index is 0.368. The van der Waals surface area contributed by atoms with Gasteiger partial charge in [-0.15, -0.1) is 0 Å². The molecule has 2 aromatic rings. The van der Waals surface area contributed by atoms with Crippen molar-refractivity contribution in [1.29, 1.82) is 0 Å². The zero-order chi connectivity index (χ0) is 10.8. The Kier molecular flexibility index (Phi) is 2.79. The number of halogens is 2. The highest BCUT2D eigenvalue weighted by molar-refractivity contribution is 9.10. The second kappa shape index (κ2) is 4.08. The Labute approximate surface area is 93.8 Å². The zero-order valence-corrected chi connectivity index (χ0v) is 9.20. The van der Waals surface area contributed by atoms with Crippen LogP contribution in [-0.4, -0.2) is 15.4 Å². The lowest BCUT2D eigenvalue weighted by Gasteiger charge is -2.10. The summed E-state index contributed by atoms with van der Waals surface area (Å²) in [6.45, 7) is 0. The predicted molar refractivity (Wildman–Crippen MR) is 56.5 cm³/mol. The molecule has 1 unspecified atom stereocenters. The number of aromatic nitrogens is 3. The van der Waals surface area contributed by atoms with Gasteiger partial charge in [0.25, 0.3) is 0 Å². The minimum Gasteiger partial charge on any atom is -0.319 e. The molecule has 0 amide bonds. The molecule has 1 heterocycles. The lowest BCUT2D eigenvalue weighted by Crippen LogP contribution is -2.14. The molecule has 15 heavy (non-hydrogen) atoms. The van der Waals surface area contributed by atoms with E-state index in [0.29, 0.717) is 15.7 Å². The molecule has 0 radical (unpaired) electrons. The maximum atomic E-state index is 13.7. The Hall–Kier alpha value is -1.27. The fraction of sp³-hybridized carbons (Fsp3) is 0.111. The SMILES string of the molecule is NC(c1cn[nH]n1)c1cccc(Br)c1F. The minimum atomic E-state index is -0.610. The number of nitrogens with two attached hydrogens (primary N) is 1. The third-order valence-electron chi connectivity index (χ3n) is 2.07. The fourth-order valence-corrected chi connectivity index (χ4v) is 1.66. The van der Waals surface area contributed by atoms with Crippen LogP contribution in [0.15, 0.2) is 28.9 Å². The fourth-order valence-electron chi connectivity index (χ4n) is 1.28. The van der Waals surface area contributed by atoms with Gasteiger partial charge < -0.3 is 5.73 Å². The van der Waals surface area contributed by atoms with E-state index in [1.165, 1.54) is 6.20 Å². The van der Waals surface area contributed by atoms with Gasteiger partial charge in [-0.05, 0) is 22.0 Å². The number of nitrogens with one attached hydrogen (secondary N) is 1. The van der Waals surface area contributed by atoms with Gasteiger partial charge in [-0.2, -0.15) is 15.4 Å². The Balaban J connectivity index is 2.42. The number of H-pyrrole nitrogens is 1. The number of nitrogens with zero attached hydrogens (tertiary/aromatic N) is 2. The van der Waals surface area contributed by atoms with Gasteiger partial charge in [0.15, 0.2) is 0 Å². The van der Waals surface area contributed by atoms with Crippen LogP contribution in [0.3, 0.4) is 0 Å². The molecular weight excluding hydrogens is 263 g/mol. The lowest BCUT2D eigenvalue weighted by atomic mass is 10.1. The highest BCUT2D eigenvalue weighted by atomic mass is 79.9. The van der Waals surface area contributed by atoms with E-state index in [1.54, 1.807) is 18.2 Å². The molecule has 0 saturated carbocycles. The van der Waals surface area contributed by atoms with E-state index in [0.717, 1.165) is 0 Å². The molecule has 0 saturated heterocycles. The Morgan fingerprint density at radius 2 is 2.27 bits per heavy atom. The van der Waals surface area contributed by atoms with E-state index in [-0.39, 0.29) is 5.82 Å². The smallest absolute Gasteiger partial charge is 0.142 e. The zero-order valence-electron chi connectivity index (χ0n) is 7.61. The summed E-state index contributed by atoms with van der Waals surface area (Å²) >= 11 is 3.10. The third kappa shape index (κ3) is 1.91. The monoisotopic (exact) mass is 270 g/mol. The summed E-state index contributed by atoms with van der Waals surface area (Å²) in [5, 5.41) is 9.89. The quantitative estimate of drug-likeness (QED) is 0.874. The number of rotatable bonds is 2. The van der Waals surface area contributed by atoms with E-state index >= 15 is 0 Å². The van der Waals surface area contributed by atoms with Crippen LogP contribution in [0.1, 0.15) is 17.3 Å². The molecule has 0 spiro atoms. The average Bonchev–Trinajstić information content (AvgIpc) is 2.74. The first-order valence-electron chi connectivity index (χ1n) is 4.25. The maximum Gasteiger partial charge on any atom is 0.142 e. The van der Waals surface area contributed by atoms with E-state index < -0.39 is 6.04 Å². The van der Waals surface area contributed by atoms with Crippen molar-refractivity contribution in [2.75, 3.05) is 0 Å². The van der Waals surface area contributed by atoms with E-state index in [2.05, 4.69) is 31.3 Å². The first kappa shape index (κ1) is 10.3. The molecule has 0 fully saturated rings. The van der Waals surface area contributed by atoms with E-state index in [1.807, 2.05) is 0 Å². The van der Waals surface area contributed by atoms with Gasteiger partial charge in [0, 0.05) is 5.56 Å². The van der Waals surface area contributed by atoms with Crippen LogP contribution in [0, 0.1) is 5.82 Å². The van der Waals surface area contributed by atoms with E-state index in [4.69, 9.17) is 5.73 Å². The van der Waals surface area contributed by atoms with Crippen molar-refractivity contribution < 1.29 is 4.39 Å². The predicted octanol–water partition coefficient (Wildman–Crippen LogP) is 1.75. The van der Waals surface area contributed by atoms with E-state index in [9.17, 15) is 4.39 Å². The van der Waals surface area contributed by atoms with Gasteiger partial charge in [-0.3, -0.25) is 0 Å². The van der Waals surface area contributed by atoms with Crippen LogP contribution < -0.4 is 5.73 Å². The van der Waals surface area contributed by atoms with Crippen molar-refractivity contribution >= 4 is 15.9 Å². The summed E-state index contributed by atoms with van der Waals surface area (Å²) in [6, 6.07) is 4.36. The highest BCUT2D eigenvalue weighted by Crippen LogP contribution is 2.25. The number of benzene rings is 1. The van der Waals surface area contributed by atoms with Crippen molar-refractivity contribution in [3.8, 4) is 0 Å². The van der Waals surface area contributed by atoms with Gasteiger partial charge in [0.2, 0.25) is 0 Å². The molecule has 3 N–H and O–H groups in total. The van der Waals surface area contributed by atoms with Gasteiger partial charge in [0.1, 0.15) is 11.5 Å². The Morgan fingerprint density at radius 1 is 1.47 bits per heavy atom. The molecule has 1 atom stereocenters. The van der Waals surface area contributed by atoms with Crippen molar-refractivity contribution in [3.05, 3.63) is 45.9 Å². The summed E-state index contributed by atoms with van der Waals surface area (Å²) in [7, 11) is 0. The van der Waals surface area contributed by atoms with Crippen molar-refractivity contribution in [2.45, 2.75) is 6.04 Å². The largest absolute Gasteiger partial charge is 0.319 e. The average molecular weight is 271 g/mol. The summed E-state index contributed by atoms with van der Waals surface area (Å²) in [4.78, 5) is 0. The van der Waals surface area contributed by atoms with Crippen LogP contribution in [0.4, 0.5) is 4.39 Å². The van der Waals surface area contributed by atoms with Gasteiger partial charge >= 0.3 is 0 Å². The lowest BCUT2D eigenvalue weighted by molar-refractivity contribution is 0.590. The molecule has 1 aromatic heterocycles. The Bertz CT molecular complexity index is 457. The molecule has 0 bridgehead atoms. The van der Waals surface area contributed by atoms with Crippen LogP contribution >= 0.6 is 15.9 Å². The topological polar surface area (TPSA) is 67.6 Å². The van der Waals surface area contributed by atoms with Gasteiger partial charge in [-0.25, -0.2) is 4.39 Å². The molecule has 0 aliphatic carbocycles. The number of hydrogen-bond donors (Lipinski definition) is 2. The third-order valence-corrected chi connectivity index (χ3v) is 2.68. The summed E-state index contributed by atoms with van der Waals surface area (Å²) in [6.07, 6.45) is 1.48. The molecule has 0 aliphatic rings. The van der Waals surface area contributed by atoms with Crippen molar-refractivity contribution in [3.63, 3.8) is 0 Å². The summed E-state index contributed by atoms with van der Waals surface area (Å²) in [5.74, 6) is -0.368. The van der Waals surface area contributed by atoms with Crippen molar-refractivity contribution in [2.24, 2.45) is 5.73 Å². The molecule has 78 valence electrons. The highest BCUT2D eigenvalue weighted by Gasteiger charge is 2.17. The van der Waals surface area contributed by atoms with Gasteiger partial charge in [0.05, 0.1) is 16.7 Å². The number of hydrogen-bond acceptors (Lipinski definition) is 3. The standard InChI is InChI=1S/C9H8BrFN4/c10-6-3-1-2-5(8(6)11)9(12)7-4-13-15-14-7/h1-4,9H,12H2,(H,13,14,15). The molecular formula is C9H8BrFN4. The molecule has 4 nitrogen and oxygen atoms in total. The Morgan fingerprint density at radius 3 is 2.93 bits per heavy atom. The van der Waals surface area contributed by atoms with Crippen LogP contribution in [-0.2, 0) is 0 Å². The normalized spacial score (nSPS) is 12.7. The molecule has 0 aliphatic heterocycles. The molecule has 2 rings (SSSR count). The second-order valence-corrected chi connectivity index (χ2v) is 3.87. The van der Waals surface area contributed by atoms with Crippen LogP contribution in [0.5, 0.6) is 0 Å². The first-order valence-corrected chi connectivity index (χ1v) is 5.04. The second-order valence-electron chi connectivity index (χ2n) is 3.02. The number of aromatic amines is 1. The van der Waals surface area contributed by atoms with Gasteiger partial charge in [-0.1, -0.05) is 12.1 Å². The summed E-state index contributed by atoms with van der Waals surface area (Å²) in [5.41, 5.74) is 6.74. The van der Waals surface area contributed by atoms with Crippen LogP contribution in [0.2, 0.25) is 0 Å².